The van der Waals surface area contributed by atoms with Gasteiger partial charge in [0.1, 0.15) is 17.2 Å². The first-order valence-electron chi connectivity index (χ1n) is 12.3. The fourth-order valence-electron chi connectivity index (χ4n) is 4.92. The quantitative estimate of drug-likeness (QED) is 0.406. The van der Waals surface area contributed by atoms with Crippen molar-refractivity contribution < 1.29 is 28.2 Å². The van der Waals surface area contributed by atoms with Crippen LogP contribution in [0.4, 0.5) is 8.78 Å². The van der Waals surface area contributed by atoms with Gasteiger partial charge in [0.2, 0.25) is 11.8 Å². The van der Waals surface area contributed by atoms with Crippen LogP contribution in [0.1, 0.15) is 63.9 Å². The summed E-state index contributed by atoms with van der Waals surface area (Å²) in [4.78, 5) is 25.1. The molecule has 0 spiro atoms. The highest BCUT2D eigenvalue weighted by Gasteiger charge is 2.41. The summed E-state index contributed by atoms with van der Waals surface area (Å²) in [5, 5.41) is 20.1. The summed E-state index contributed by atoms with van der Waals surface area (Å²) in [5.41, 5.74) is -0.556. The third-order valence-electron chi connectivity index (χ3n) is 6.85. The molecule has 34 heavy (non-hydrogen) atoms. The summed E-state index contributed by atoms with van der Waals surface area (Å²) >= 11 is 0. The molecule has 1 aliphatic carbocycles. The third-order valence-corrected chi connectivity index (χ3v) is 6.85. The van der Waals surface area contributed by atoms with Gasteiger partial charge in [0, 0.05) is 38.8 Å². The van der Waals surface area contributed by atoms with Gasteiger partial charge >= 0.3 is 0 Å². The second kappa shape index (κ2) is 12.6. The molecule has 4 N–H and O–H groups in total. The van der Waals surface area contributed by atoms with Crippen molar-refractivity contribution >= 4 is 11.8 Å². The first-order chi connectivity index (χ1) is 16.3. The molecule has 3 rings (SSSR count). The molecule has 2 fully saturated rings. The van der Waals surface area contributed by atoms with Crippen molar-refractivity contribution in [3.8, 4) is 0 Å². The number of hydrogen-bond donors (Lipinski definition) is 4. The second-order valence-electron chi connectivity index (χ2n) is 9.59. The number of carbonyl (C=O) groups excluding carboxylic acids is 2. The molecule has 2 atom stereocenters. The van der Waals surface area contributed by atoms with Crippen LogP contribution in [0.25, 0.3) is 0 Å². The van der Waals surface area contributed by atoms with E-state index in [-0.39, 0.29) is 30.8 Å². The van der Waals surface area contributed by atoms with Crippen molar-refractivity contribution in [2.24, 2.45) is 0 Å². The molecule has 0 unspecified atom stereocenters. The van der Waals surface area contributed by atoms with Crippen LogP contribution >= 0.6 is 0 Å². The van der Waals surface area contributed by atoms with Crippen LogP contribution in [-0.2, 0) is 20.7 Å². The van der Waals surface area contributed by atoms with Crippen molar-refractivity contribution in [2.75, 3.05) is 19.8 Å². The van der Waals surface area contributed by atoms with E-state index in [0.29, 0.717) is 31.6 Å². The molecular weight excluding hydrogens is 444 g/mol. The van der Waals surface area contributed by atoms with E-state index in [4.69, 9.17) is 4.74 Å². The van der Waals surface area contributed by atoms with Gasteiger partial charge in [-0.25, -0.2) is 8.78 Å². The largest absolute Gasteiger partial charge is 0.390 e. The molecule has 9 heteroatoms. The van der Waals surface area contributed by atoms with Crippen molar-refractivity contribution in [1.82, 2.24) is 16.0 Å². The van der Waals surface area contributed by atoms with E-state index in [1.165, 1.54) is 31.9 Å². The lowest BCUT2D eigenvalue weighted by molar-refractivity contribution is -0.133. The lowest BCUT2D eigenvalue weighted by Gasteiger charge is -2.39. The SMILES string of the molecule is CC(=O)N[C@@H](Cc1cc(F)cc(F)c1)[C@H](O)CNC1(C(=O)NC2CCCCCC2)CCOCC1. The summed E-state index contributed by atoms with van der Waals surface area (Å²) < 4.78 is 32.7. The highest BCUT2D eigenvalue weighted by atomic mass is 19.1. The molecule has 1 heterocycles. The van der Waals surface area contributed by atoms with Gasteiger partial charge < -0.3 is 25.8 Å². The van der Waals surface area contributed by atoms with Crippen molar-refractivity contribution in [3.63, 3.8) is 0 Å². The Morgan fingerprint density at radius 2 is 1.71 bits per heavy atom. The molecule has 1 aliphatic heterocycles. The number of β-amino-alcohol motifs (C(OH)–C–C–N with tert-alkyl or cyclic N) is 1. The average Bonchev–Trinajstić information content (AvgIpc) is 3.05. The summed E-state index contributed by atoms with van der Waals surface area (Å²) in [6.45, 7) is 2.21. The molecule has 7 nitrogen and oxygen atoms in total. The Morgan fingerprint density at radius 1 is 1.09 bits per heavy atom. The van der Waals surface area contributed by atoms with Gasteiger partial charge in [0.05, 0.1) is 12.1 Å². The highest BCUT2D eigenvalue weighted by molar-refractivity contribution is 5.86. The van der Waals surface area contributed by atoms with Crippen LogP contribution in [0, 0.1) is 11.6 Å². The Balaban J connectivity index is 1.67. The normalized spacial score (nSPS) is 20.7. The van der Waals surface area contributed by atoms with Gasteiger partial charge in [0.15, 0.2) is 0 Å². The number of rotatable bonds is 9. The molecule has 1 saturated heterocycles. The minimum Gasteiger partial charge on any atom is -0.390 e. The van der Waals surface area contributed by atoms with E-state index in [9.17, 15) is 23.5 Å². The van der Waals surface area contributed by atoms with Crippen LogP contribution in [0.15, 0.2) is 18.2 Å². The molecule has 0 bridgehead atoms. The third kappa shape index (κ3) is 7.71. The fourth-order valence-corrected chi connectivity index (χ4v) is 4.92. The number of nitrogens with one attached hydrogen (secondary N) is 3. The average molecular weight is 482 g/mol. The van der Waals surface area contributed by atoms with Gasteiger partial charge in [-0.05, 0) is 49.8 Å². The summed E-state index contributed by atoms with van der Waals surface area (Å²) in [7, 11) is 0. The van der Waals surface area contributed by atoms with Gasteiger partial charge in [-0.3, -0.25) is 9.59 Å². The molecule has 0 radical (unpaired) electrons. The van der Waals surface area contributed by atoms with Crippen molar-refractivity contribution in [3.05, 3.63) is 35.4 Å². The zero-order valence-electron chi connectivity index (χ0n) is 19.9. The van der Waals surface area contributed by atoms with Crippen molar-refractivity contribution in [1.29, 1.82) is 0 Å². The molecule has 0 aromatic heterocycles. The lowest BCUT2D eigenvalue weighted by Crippen LogP contribution is -2.63. The molecule has 2 aliphatic rings. The van der Waals surface area contributed by atoms with Crippen LogP contribution in [-0.4, -0.2) is 60.4 Å². The summed E-state index contributed by atoms with van der Waals surface area (Å²) in [6.07, 6.45) is 6.42. The summed E-state index contributed by atoms with van der Waals surface area (Å²) in [5.74, 6) is -1.90. The zero-order valence-corrected chi connectivity index (χ0v) is 19.9. The molecule has 1 aromatic rings. The number of ether oxygens (including phenoxy) is 1. The Kier molecular flexibility index (Phi) is 9.79. The number of halogens is 2. The maximum absolute atomic E-state index is 13.6. The summed E-state index contributed by atoms with van der Waals surface area (Å²) in [6, 6.07) is 2.50. The predicted octanol–water partition coefficient (Wildman–Crippen LogP) is 2.35. The van der Waals surface area contributed by atoms with E-state index >= 15 is 0 Å². The van der Waals surface area contributed by atoms with Crippen LogP contribution in [0.5, 0.6) is 0 Å². The number of carbonyl (C=O) groups is 2. The molecule has 1 saturated carbocycles. The maximum Gasteiger partial charge on any atom is 0.240 e. The molecule has 2 amide bonds. The van der Waals surface area contributed by atoms with Gasteiger partial charge in [0.25, 0.3) is 0 Å². The standard InChI is InChI=1S/C25H37F2N3O4/c1-17(31)29-22(14-18-12-19(26)15-20(27)13-18)23(32)16-28-25(8-10-34-11-9-25)24(33)30-21-6-4-2-3-5-7-21/h12-13,15,21-23,28,32H,2-11,14,16H2,1H3,(H,29,31)(H,30,33)/t22-,23+/m0/s1. The minimum atomic E-state index is -1.08. The monoisotopic (exact) mass is 481 g/mol. The van der Waals surface area contributed by atoms with Crippen LogP contribution in [0.2, 0.25) is 0 Å². The smallest absolute Gasteiger partial charge is 0.240 e. The highest BCUT2D eigenvalue weighted by Crippen LogP contribution is 2.24. The van der Waals surface area contributed by atoms with E-state index in [1.807, 2.05) is 0 Å². The minimum absolute atomic E-state index is 0.0286. The Bertz CT molecular complexity index is 804. The first kappa shape index (κ1) is 26.5. The Hall–Kier alpha value is -2.10. The Labute approximate surface area is 200 Å². The van der Waals surface area contributed by atoms with E-state index in [2.05, 4.69) is 16.0 Å². The topological polar surface area (TPSA) is 99.7 Å². The molecule has 1 aromatic carbocycles. The number of benzene rings is 1. The van der Waals surface area contributed by atoms with Gasteiger partial charge in [-0.2, -0.15) is 0 Å². The van der Waals surface area contributed by atoms with E-state index < -0.39 is 29.3 Å². The van der Waals surface area contributed by atoms with E-state index in [0.717, 1.165) is 31.7 Å². The van der Waals surface area contributed by atoms with E-state index in [1.54, 1.807) is 0 Å². The number of aliphatic hydroxyl groups is 1. The number of hydrogen-bond acceptors (Lipinski definition) is 5. The van der Waals surface area contributed by atoms with Crippen LogP contribution in [0.3, 0.4) is 0 Å². The lowest BCUT2D eigenvalue weighted by atomic mass is 9.87. The Morgan fingerprint density at radius 3 is 2.29 bits per heavy atom. The molecular formula is C25H37F2N3O4. The van der Waals surface area contributed by atoms with Gasteiger partial charge in [-0.1, -0.05) is 25.7 Å². The first-order valence-corrected chi connectivity index (χ1v) is 12.3. The fraction of sp³-hybridized carbons (Fsp3) is 0.680. The molecule has 190 valence electrons. The van der Waals surface area contributed by atoms with Crippen molar-refractivity contribution in [2.45, 2.75) is 88.4 Å². The number of amides is 2. The van der Waals surface area contributed by atoms with Crippen LogP contribution < -0.4 is 16.0 Å². The predicted molar refractivity (Wildman–Crippen MR) is 124 cm³/mol. The maximum atomic E-state index is 13.6. The van der Waals surface area contributed by atoms with Gasteiger partial charge in [-0.15, -0.1) is 0 Å². The number of aliphatic hydroxyl groups excluding tert-OH is 1. The second-order valence-corrected chi connectivity index (χ2v) is 9.59. The zero-order chi connectivity index (χ0) is 24.6.